The number of nitrogens with one attached hydrogen (secondary N) is 2. The van der Waals surface area contributed by atoms with Gasteiger partial charge >= 0.3 is 0 Å². The van der Waals surface area contributed by atoms with Crippen LogP contribution < -0.4 is 5.32 Å². The van der Waals surface area contributed by atoms with Gasteiger partial charge in [-0.1, -0.05) is 6.92 Å². The molecule has 0 aromatic heterocycles. The van der Waals surface area contributed by atoms with Gasteiger partial charge in [0.25, 0.3) is 0 Å². The number of halogens is 2. The van der Waals surface area contributed by atoms with Crippen molar-refractivity contribution in [3.63, 3.8) is 0 Å². The molecule has 90 valence electrons. The Morgan fingerprint density at radius 2 is 2.24 bits per heavy atom. The Morgan fingerprint density at radius 1 is 1.53 bits per heavy atom. The molecule has 0 amide bonds. The lowest BCUT2D eigenvalue weighted by Crippen LogP contribution is -2.02. The van der Waals surface area contributed by atoms with Crippen LogP contribution in [0, 0.1) is 17.2 Å². The lowest BCUT2D eigenvalue weighted by Gasteiger charge is -2.03. The average molecular weight is 239 g/mol. The highest BCUT2D eigenvalue weighted by Gasteiger charge is 2.07. The molecule has 0 radical (unpaired) electrons. The Balaban J connectivity index is 2.90. The van der Waals surface area contributed by atoms with E-state index in [2.05, 4.69) is 10.4 Å². The van der Waals surface area contributed by atoms with E-state index in [4.69, 9.17) is 5.53 Å². The van der Waals surface area contributed by atoms with Crippen LogP contribution in [0.2, 0.25) is 0 Å². The molecule has 1 rings (SSSR count). The topological polar surface area (TPSA) is 65.3 Å². The normalized spacial score (nSPS) is 11.1. The van der Waals surface area contributed by atoms with Crippen molar-refractivity contribution >= 4 is 11.5 Å². The van der Waals surface area contributed by atoms with E-state index in [1.807, 2.05) is 0 Å². The number of nitrogens with zero attached hydrogens (tertiary/aromatic N) is 1. The van der Waals surface area contributed by atoms with E-state index in [-0.39, 0.29) is 23.6 Å². The van der Waals surface area contributed by atoms with E-state index in [1.165, 1.54) is 0 Å². The second kappa shape index (κ2) is 5.83. The smallest absolute Gasteiger partial charge is 0.184 e. The zero-order chi connectivity index (χ0) is 12.8. The molecule has 2 N–H and O–H groups in total. The van der Waals surface area contributed by atoms with Gasteiger partial charge in [0, 0.05) is 18.7 Å². The average Bonchev–Trinajstić information content (AvgIpc) is 2.33. The van der Waals surface area contributed by atoms with Crippen molar-refractivity contribution in [2.45, 2.75) is 13.3 Å². The van der Waals surface area contributed by atoms with Crippen LogP contribution in [-0.2, 0) is 4.79 Å². The van der Waals surface area contributed by atoms with Crippen molar-refractivity contribution < 1.29 is 13.6 Å². The van der Waals surface area contributed by atoms with E-state index in [1.54, 1.807) is 6.92 Å². The summed E-state index contributed by atoms with van der Waals surface area (Å²) in [4.78, 5) is 11.2. The van der Waals surface area contributed by atoms with Crippen molar-refractivity contribution in [2.75, 3.05) is 5.32 Å². The Bertz CT molecular complexity index is 472. The van der Waals surface area contributed by atoms with E-state index >= 15 is 0 Å². The number of carbonyl (C=O) groups is 1. The van der Waals surface area contributed by atoms with E-state index < -0.39 is 11.6 Å². The van der Waals surface area contributed by atoms with Gasteiger partial charge in [0.2, 0.25) is 0 Å². The maximum Gasteiger partial charge on any atom is 0.184 e. The number of Topliss-reactive ketones (excluding diaryl/α,β-unsaturated/α-hetero) is 1. The Kier molecular flexibility index (Phi) is 4.45. The van der Waals surface area contributed by atoms with Crippen LogP contribution in [0.1, 0.15) is 13.3 Å². The third-order valence-corrected chi connectivity index (χ3v) is 2.02. The van der Waals surface area contributed by atoms with E-state index in [0.29, 0.717) is 0 Å². The minimum absolute atomic E-state index is 0.116. The molecule has 0 bridgehead atoms. The van der Waals surface area contributed by atoms with Crippen molar-refractivity contribution in [2.24, 2.45) is 5.11 Å². The van der Waals surface area contributed by atoms with Crippen LogP contribution in [0.4, 0.5) is 14.5 Å². The fourth-order valence-electron chi connectivity index (χ4n) is 1.11. The summed E-state index contributed by atoms with van der Waals surface area (Å²) in [5, 5.41) is 5.42. The number of allylic oxidation sites excluding steroid dienone is 1. The first-order valence-electron chi connectivity index (χ1n) is 4.91. The van der Waals surface area contributed by atoms with Crippen molar-refractivity contribution in [3.8, 4) is 0 Å². The van der Waals surface area contributed by atoms with Crippen LogP contribution >= 0.6 is 0 Å². The molecule has 1 aromatic carbocycles. The second-order valence-electron chi connectivity index (χ2n) is 3.19. The first kappa shape index (κ1) is 13.0. The molecule has 17 heavy (non-hydrogen) atoms. The van der Waals surface area contributed by atoms with Crippen molar-refractivity contribution in [1.29, 1.82) is 5.53 Å². The summed E-state index contributed by atoms with van der Waals surface area (Å²) >= 11 is 0. The highest BCUT2D eigenvalue weighted by molar-refractivity contribution is 5.94. The quantitative estimate of drug-likeness (QED) is 0.612. The number of rotatable bonds is 5. The molecule has 0 aliphatic rings. The summed E-state index contributed by atoms with van der Waals surface area (Å²) in [5.41, 5.74) is 6.53. The van der Waals surface area contributed by atoms with Crippen LogP contribution in [0.3, 0.4) is 0 Å². The maximum absolute atomic E-state index is 13.2. The summed E-state index contributed by atoms with van der Waals surface area (Å²) in [7, 11) is 0. The van der Waals surface area contributed by atoms with Crippen LogP contribution in [-0.4, -0.2) is 5.78 Å². The van der Waals surface area contributed by atoms with Gasteiger partial charge in [0.05, 0.1) is 5.69 Å². The second-order valence-corrected chi connectivity index (χ2v) is 3.19. The Labute approximate surface area is 96.8 Å². The van der Waals surface area contributed by atoms with Crippen molar-refractivity contribution in [1.82, 2.24) is 0 Å². The van der Waals surface area contributed by atoms with Gasteiger partial charge in [0.1, 0.15) is 17.3 Å². The van der Waals surface area contributed by atoms with Gasteiger partial charge in [-0.25, -0.2) is 14.3 Å². The van der Waals surface area contributed by atoms with E-state index in [0.717, 1.165) is 24.4 Å². The first-order chi connectivity index (χ1) is 8.08. The van der Waals surface area contributed by atoms with Gasteiger partial charge in [0.15, 0.2) is 5.78 Å². The molecule has 0 spiro atoms. The zero-order valence-electron chi connectivity index (χ0n) is 9.13. The van der Waals surface area contributed by atoms with Crippen LogP contribution in [0.5, 0.6) is 0 Å². The highest BCUT2D eigenvalue weighted by Crippen LogP contribution is 2.16. The molecule has 0 aliphatic heterocycles. The molecule has 1 aromatic rings. The third-order valence-electron chi connectivity index (χ3n) is 2.02. The number of ketones is 1. The Morgan fingerprint density at radius 3 is 2.82 bits per heavy atom. The van der Waals surface area contributed by atoms with Gasteiger partial charge < -0.3 is 5.32 Å². The minimum atomic E-state index is -0.657. The molecular formula is C11H11F2N3O. The lowest BCUT2D eigenvalue weighted by molar-refractivity contribution is -0.115. The minimum Gasteiger partial charge on any atom is -0.357 e. The maximum atomic E-state index is 13.2. The molecule has 0 saturated carbocycles. The van der Waals surface area contributed by atoms with Gasteiger partial charge in [-0.3, -0.25) is 4.79 Å². The number of benzene rings is 1. The predicted octanol–water partition coefficient (Wildman–Crippen LogP) is 3.23. The summed E-state index contributed by atoms with van der Waals surface area (Å²) in [6, 6.07) is 2.89. The van der Waals surface area contributed by atoms with Crippen LogP contribution in [0.15, 0.2) is 35.2 Å². The number of anilines is 1. The molecular weight excluding hydrogens is 228 g/mol. The van der Waals surface area contributed by atoms with Crippen LogP contribution in [0.25, 0.3) is 0 Å². The number of hydrogen-bond donors (Lipinski definition) is 2. The highest BCUT2D eigenvalue weighted by atomic mass is 19.1. The predicted molar refractivity (Wildman–Crippen MR) is 58.5 cm³/mol. The molecule has 4 nitrogen and oxygen atoms in total. The fraction of sp³-hybridized carbons (Fsp3) is 0.182. The summed E-state index contributed by atoms with van der Waals surface area (Å²) in [6.45, 7) is 1.62. The number of carbonyl (C=O) groups excluding carboxylic acids is 1. The van der Waals surface area contributed by atoms with Gasteiger partial charge in [-0.05, 0) is 12.1 Å². The third kappa shape index (κ3) is 3.44. The molecule has 6 heteroatoms. The van der Waals surface area contributed by atoms with Crippen molar-refractivity contribution in [3.05, 3.63) is 41.7 Å². The van der Waals surface area contributed by atoms with Gasteiger partial charge in [-0.2, -0.15) is 5.11 Å². The van der Waals surface area contributed by atoms with E-state index in [9.17, 15) is 13.6 Å². The molecule has 0 aliphatic carbocycles. The largest absolute Gasteiger partial charge is 0.357 e. The standard InChI is InChI=1S/C11H11F2N3O/c1-2-11(17)10(16-14)6-15-9-5-7(12)3-4-8(9)13/h3-6,14-15H,2H2,1H3/b10-6-,16-14?. The lowest BCUT2D eigenvalue weighted by atomic mass is 10.2. The zero-order valence-corrected chi connectivity index (χ0v) is 9.13. The SMILES string of the molecule is CCC(=O)/C(=C/Nc1cc(F)ccc1F)N=N. The molecule has 0 unspecified atom stereocenters. The fourth-order valence-corrected chi connectivity index (χ4v) is 1.11. The molecule has 0 atom stereocenters. The molecule has 0 saturated heterocycles. The molecule has 0 fully saturated rings. The summed E-state index contributed by atoms with van der Waals surface area (Å²) in [5.74, 6) is -1.62. The summed E-state index contributed by atoms with van der Waals surface area (Å²) < 4.78 is 26.0. The molecule has 0 heterocycles. The Hall–Kier alpha value is -2.11. The number of hydrogen-bond acceptors (Lipinski definition) is 4. The monoisotopic (exact) mass is 239 g/mol. The first-order valence-corrected chi connectivity index (χ1v) is 4.91. The van der Waals surface area contributed by atoms with Gasteiger partial charge in [-0.15, -0.1) is 0 Å². The summed E-state index contributed by atoms with van der Waals surface area (Å²) in [6.07, 6.45) is 1.26.